The highest BCUT2D eigenvalue weighted by Crippen LogP contribution is 2.32. The third kappa shape index (κ3) is 5.37. The zero-order chi connectivity index (χ0) is 27.0. The van der Waals surface area contributed by atoms with Gasteiger partial charge in [0.05, 0.1) is 6.20 Å². The van der Waals surface area contributed by atoms with Crippen molar-refractivity contribution in [3.8, 4) is 11.3 Å². The van der Waals surface area contributed by atoms with Gasteiger partial charge < -0.3 is 5.32 Å². The maximum atomic E-state index is 15.0. The van der Waals surface area contributed by atoms with E-state index in [0.717, 1.165) is 50.2 Å². The highest BCUT2D eigenvalue weighted by Gasteiger charge is 2.20. The van der Waals surface area contributed by atoms with Gasteiger partial charge in [-0.15, -0.1) is 0 Å². The van der Waals surface area contributed by atoms with Crippen molar-refractivity contribution in [1.82, 2.24) is 34.5 Å². The molecule has 0 aliphatic carbocycles. The van der Waals surface area contributed by atoms with E-state index in [1.54, 1.807) is 17.8 Å². The summed E-state index contributed by atoms with van der Waals surface area (Å²) in [5.74, 6) is -0.305. The van der Waals surface area contributed by atoms with Gasteiger partial charge in [0.15, 0.2) is 11.6 Å². The van der Waals surface area contributed by atoms with Crippen LogP contribution in [-0.4, -0.2) is 66.8 Å². The highest BCUT2D eigenvalue weighted by molar-refractivity contribution is 5.87. The summed E-state index contributed by atoms with van der Waals surface area (Å²) < 4.78 is 31.4. The minimum Gasteiger partial charge on any atom is -0.309 e. The summed E-state index contributed by atoms with van der Waals surface area (Å²) in [7, 11) is 1.78. The van der Waals surface area contributed by atoms with Crippen LogP contribution in [-0.2, 0) is 13.6 Å². The van der Waals surface area contributed by atoms with Crippen molar-refractivity contribution in [3.05, 3.63) is 59.6 Å². The number of hydrogen-bond acceptors (Lipinski definition) is 7. The quantitative estimate of drug-likeness (QED) is 0.364. The van der Waals surface area contributed by atoms with Gasteiger partial charge in [-0.2, -0.15) is 5.10 Å². The third-order valence-corrected chi connectivity index (χ3v) is 7.11. The predicted molar refractivity (Wildman–Crippen MR) is 145 cm³/mol. The number of pyridine rings is 1. The Bertz CT molecular complexity index is 1420. The Morgan fingerprint density at radius 1 is 0.947 bits per heavy atom. The monoisotopic (exact) mass is 520 g/mol. The van der Waals surface area contributed by atoms with Crippen LogP contribution in [0.4, 0.5) is 20.5 Å². The highest BCUT2D eigenvalue weighted by atomic mass is 19.1. The van der Waals surface area contributed by atoms with Crippen LogP contribution in [0.3, 0.4) is 0 Å². The van der Waals surface area contributed by atoms with Gasteiger partial charge in [-0.1, -0.05) is 19.9 Å². The maximum absolute atomic E-state index is 15.0. The van der Waals surface area contributed by atoms with Crippen molar-refractivity contribution in [2.75, 3.05) is 31.5 Å². The molecule has 1 saturated heterocycles. The van der Waals surface area contributed by atoms with Crippen molar-refractivity contribution in [2.45, 2.75) is 46.2 Å². The Morgan fingerprint density at radius 2 is 1.71 bits per heavy atom. The first-order valence-corrected chi connectivity index (χ1v) is 13.1. The van der Waals surface area contributed by atoms with E-state index in [9.17, 15) is 8.78 Å². The Kier molecular flexibility index (Phi) is 7.36. The van der Waals surface area contributed by atoms with E-state index in [0.29, 0.717) is 22.8 Å². The van der Waals surface area contributed by atoms with Crippen LogP contribution in [0.1, 0.15) is 44.9 Å². The van der Waals surface area contributed by atoms with E-state index in [-0.39, 0.29) is 23.1 Å². The van der Waals surface area contributed by atoms with Crippen molar-refractivity contribution in [3.63, 3.8) is 0 Å². The number of halogens is 2. The van der Waals surface area contributed by atoms with E-state index < -0.39 is 11.6 Å². The first-order valence-electron chi connectivity index (χ1n) is 13.1. The molecule has 1 aliphatic heterocycles. The van der Waals surface area contributed by atoms with Gasteiger partial charge in [-0.3, -0.25) is 14.5 Å². The maximum Gasteiger partial charge on any atom is 0.229 e. The van der Waals surface area contributed by atoms with E-state index in [2.05, 4.69) is 49.0 Å². The molecule has 38 heavy (non-hydrogen) atoms. The zero-order valence-electron chi connectivity index (χ0n) is 22.5. The molecule has 0 radical (unpaired) electrons. The lowest BCUT2D eigenvalue weighted by atomic mass is 10.0. The number of rotatable bonds is 7. The van der Waals surface area contributed by atoms with E-state index in [4.69, 9.17) is 0 Å². The molecule has 0 atom stereocenters. The molecule has 200 valence electrons. The van der Waals surface area contributed by atoms with Crippen LogP contribution in [0, 0.1) is 11.6 Å². The number of benzene rings is 1. The number of hydrogen-bond donors (Lipinski definition) is 1. The average Bonchev–Trinajstić information content (AvgIpc) is 3.23. The lowest BCUT2D eigenvalue weighted by Crippen LogP contribution is -2.48. The van der Waals surface area contributed by atoms with Gasteiger partial charge in [-0.25, -0.2) is 23.7 Å². The summed E-state index contributed by atoms with van der Waals surface area (Å²) >= 11 is 0. The van der Waals surface area contributed by atoms with E-state index >= 15 is 0 Å². The molecule has 5 rings (SSSR count). The van der Waals surface area contributed by atoms with E-state index in [1.807, 2.05) is 32.2 Å². The molecule has 1 aromatic carbocycles. The molecular weight excluding hydrogens is 486 g/mol. The molecule has 3 aromatic heterocycles. The summed E-state index contributed by atoms with van der Waals surface area (Å²) in [5.41, 5.74) is 2.60. The van der Waals surface area contributed by atoms with Gasteiger partial charge in [0.25, 0.3) is 0 Å². The first kappa shape index (κ1) is 26.1. The molecule has 10 heteroatoms. The second-order valence-electron chi connectivity index (χ2n) is 10.5. The average molecular weight is 521 g/mol. The smallest absolute Gasteiger partial charge is 0.229 e. The van der Waals surface area contributed by atoms with Crippen LogP contribution in [0.5, 0.6) is 0 Å². The molecule has 0 saturated carbocycles. The fourth-order valence-electron chi connectivity index (χ4n) is 5.13. The Labute approximate surface area is 221 Å². The lowest BCUT2D eigenvalue weighted by Gasteiger charge is -2.36. The second kappa shape index (κ2) is 10.7. The molecule has 1 fully saturated rings. The van der Waals surface area contributed by atoms with Crippen molar-refractivity contribution < 1.29 is 8.78 Å². The summed E-state index contributed by atoms with van der Waals surface area (Å²) in [6, 6.07) is 7.47. The summed E-state index contributed by atoms with van der Waals surface area (Å²) in [5, 5.41) is 8.00. The number of aryl methyl sites for hydroxylation is 1. The minimum absolute atomic E-state index is 0.0130. The van der Waals surface area contributed by atoms with Crippen LogP contribution in [0.15, 0.2) is 36.7 Å². The summed E-state index contributed by atoms with van der Waals surface area (Å²) in [6.45, 7) is 13.6. The predicted octanol–water partition coefficient (Wildman–Crippen LogP) is 5.10. The second-order valence-corrected chi connectivity index (χ2v) is 10.5. The van der Waals surface area contributed by atoms with Gasteiger partial charge in [-0.05, 0) is 43.5 Å². The molecule has 1 aliphatic rings. The molecule has 1 N–H and O–H groups in total. The summed E-state index contributed by atoms with van der Waals surface area (Å²) in [6.07, 6.45) is 2.92. The number of fused-ring (bicyclic) bond motifs is 1. The normalized spacial score (nSPS) is 15.2. The fraction of sp³-hybridized carbons (Fsp3) is 0.429. The van der Waals surface area contributed by atoms with E-state index in [1.165, 1.54) is 6.07 Å². The molecular formula is C28H34F2N8. The number of piperazine rings is 1. The van der Waals surface area contributed by atoms with Crippen molar-refractivity contribution in [2.24, 2.45) is 7.05 Å². The largest absolute Gasteiger partial charge is 0.309 e. The summed E-state index contributed by atoms with van der Waals surface area (Å²) in [4.78, 5) is 17.9. The van der Waals surface area contributed by atoms with Crippen LogP contribution < -0.4 is 5.32 Å². The molecule has 4 aromatic rings. The molecule has 0 unspecified atom stereocenters. The Hall–Kier alpha value is -3.50. The SMILES string of the molecule is CC(C)c1c2cc(-c3nc(Nc4ccc(CN5CCN(C(C)C)CC5)cn4)ncc3F)cc(F)c2nn1C. The molecule has 4 heterocycles. The van der Waals surface area contributed by atoms with Crippen molar-refractivity contribution >= 4 is 22.7 Å². The van der Waals surface area contributed by atoms with Crippen LogP contribution >= 0.6 is 0 Å². The Balaban J connectivity index is 1.33. The number of nitrogens with zero attached hydrogens (tertiary/aromatic N) is 7. The number of nitrogens with one attached hydrogen (secondary N) is 1. The first-order chi connectivity index (χ1) is 18.2. The van der Waals surface area contributed by atoms with Crippen molar-refractivity contribution in [1.29, 1.82) is 0 Å². The molecule has 0 amide bonds. The number of aromatic nitrogens is 5. The minimum atomic E-state index is -0.634. The molecule has 8 nitrogen and oxygen atoms in total. The third-order valence-electron chi connectivity index (χ3n) is 7.11. The topological polar surface area (TPSA) is 75.0 Å². The Morgan fingerprint density at radius 3 is 2.37 bits per heavy atom. The fourth-order valence-corrected chi connectivity index (χ4v) is 5.13. The van der Waals surface area contributed by atoms with Crippen LogP contribution in [0.25, 0.3) is 22.2 Å². The standard InChI is InChI=1S/C28H34F2N8/c1-17(2)27-21-12-20(13-22(29)26(21)35-36(27)5)25-23(30)15-32-28(34-25)33-24-7-6-19(14-31-24)16-37-8-10-38(11-9-37)18(3)4/h6-7,12-15,17-18H,8-11,16H2,1-5H3,(H,31,32,33,34). The van der Waals surface area contributed by atoms with Gasteiger partial charge in [0, 0.05) is 68.7 Å². The zero-order valence-corrected chi connectivity index (χ0v) is 22.5. The van der Waals surface area contributed by atoms with Gasteiger partial charge in [0.1, 0.15) is 17.0 Å². The van der Waals surface area contributed by atoms with Gasteiger partial charge >= 0.3 is 0 Å². The number of anilines is 2. The molecule has 0 bridgehead atoms. The van der Waals surface area contributed by atoms with Crippen LogP contribution in [0.2, 0.25) is 0 Å². The lowest BCUT2D eigenvalue weighted by molar-refractivity contribution is 0.104. The van der Waals surface area contributed by atoms with Gasteiger partial charge in [0.2, 0.25) is 5.95 Å². The molecule has 0 spiro atoms.